The Balaban J connectivity index is 1.24. The summed E-state index contributed by atoms with van der Waals surface area (Å²) in [6, 6.07) is 12.3. The highest BCUT2D eigenvalue weighted by Crippen LogP contribution is 2.47. The summed E-state index contributed by atoms with van der Waals surface area (Å²) in [7, 11) is 4.24. The van der Waals surface area contributed by atoms with Gasteiger partial charge >= 0.3 is 0 Å². The van der Waals surface area contributed by atoms with Gasteiger partial charge in [0.2, 0.25) is 0 Å². The minimum Gasteiger partial charge on any atom is -0.490 e. The Morgan fingerprint density at radius 3 is 2.63 bits per heavy atom. The average Bonchev–Trinajstić information content (AvgIpc) is 3.26. The number of fused-ring (bicyclic) bond motifs is 3. The third-order valence-corrected chi connectivity index (χ3v) is 13.8. The molecule has 2 fully saturated rings. The first-order valence-corrected chi connectivity index (χ1v) is 20.6. The van der Waals surface area contributed by atoms with Crippen molar-refractivity contribution in [3.63, 3.8) is 0 Å². The van der Waals surface area contributed by atoms with E-state index in [9.17, 15) is 9.00 Å². The summed E-state index contributed by atoms with van der Waals surface area (Å²) in [4.78, 5) is 18.4. The number of nitrogens with one attached hydrogen (secondary N) is 1. The highest BCUT2D eigenvalue weighted by Gasteiger charge is 2.44. The SMILES string of the molecule is CCCC(C)C(CCOC)S(=O)NC(=O)c1ccc2c(c1)N(CC1CCC1CC1OCC(N(C)C)CO1)C[C@@]1(CCCc3cc(Cl)ccc31)CO2. The Labute approximate surface area is 312 Å². The monoisotopic (exact) mass is 743 g/mol. The molecule has 1 spiro atoms. The highest BCUT2D eigenvalue weighted by molar-refractivity contribution is 7.84. The third kappa shape index (κ3) is 8.95. The van der Waals surface area contributed by atoms with Crippen LogP contribution in [0.15, 0.2) is 36.4 Å². The third-order valence-electron chi connectivity index (χ3n) is 12.0. The number of rotatable bonds is 14. The van der Waals surface area contributed by atoms with Crippen LogP contribution in [0.2, 0.25) is 5.02 Å². The fraction of sp³-hybridized carbons (Fsp3) is 0.675. The molecule has 1 saturated heterocycles. The number of methoxy groups -OCH3 is 1. The maximum atomic E-state index is 13.8. The zero-order valence-electron chi connectivity index (χ0n) is 31.2. The zero-order valence-corrected chi connectivity index (χ0v) is 32.7. The minimum atomic E-state index is -1.55. The van der Waals surface area contributed by atoms with E-state index in [0.717, 1.165) is 80.9 Å². The molecule has 51 heavy (non-hydrogen) atoms. The van der Waals surface area contributed by atoms with E-state index in [1.165, 1.54) is 11.1 Å². The van der Waals surface area contributed by atoms with Gasteiger partial charge in [-0.05, 0) is 118 Å². The maximum absolute atomic E-state index is 13.8. The van der Waals surface area contributed by atoms with Crippen LogP contribution >= 0.6 is 11.6 Å². The molecule has 0 aromatic heterocycles. The summed E-state index contributed by atoms with van der Waals surface area (Å²) in [5.74, 6) is 1.61. The predicted octanol–water partition coefficient (Wildman–Crippen LogP) is 6.77. The Kier molecular flexibility index (Phi) is 13.1. The van der Waals surface area contributed by atoms with Crippen molar-refractivity contribution in [3.05, 3.63) is 58.1 Å². The van der Waals surface area contributed by atoms with Crippen LogP contribution in [0.25, 0.3) is 0 Å². The largest absolute Gasteiger partial charge is 0.490 e. The Morgan fingerprint density at radius 2 is 1.92 bits per heavy atom. The quantitative estimate of drug-likeness (QED) is 0.227. The van der Waals surface area contributed by atoms with Crippen LogP contribution in [-0.2, 0) is 37.0 Å². The van der Waals surface area contributed by atoms with Crippen LogP contribution in [0.5, 0.6) is 5.75 Å². The van der Waals surface area contributed by atoms with Gasteiger partial charge in [-0.3, -0.25) is 9.52 Å². The summed E-state index contributed by atoms with van der Waals surface area (Å²) in [6.45, 7) is 8.31. The number of anilines is 1. The lowest BCUT2D eigenvalue weighted by Crippen LogP contribution is -2.49. The molecule has 5 unspecified atom stereocenters. The number of likely N-dealkylation sites (N-methyl/N-ethyl adjacent to an activating group) is 1. The molecule has 6 atom stereocenters. The molecule has 1 saturated carbocycles. The number of carbonyl (C=O) groups excluding carboxylic acids is 1. The van der Waals surface area contributed by atoms with Gasteiger partial charge in [0.15, 0.2) is 6.29 Å². The second-order valence-corrected chi connectivity index (χ2v) is 17.5. The van der Waals surface area contributed by atoms with E-state index in [2.05, 4.69) is 54.6 Å². The number of hydrogen-bond donors (Lipinski definition) is 1. The van der Waals surface area contributed by atoms with Crippen LogP contribution in [0, 0.1) is 17.8 Å². The van der Waals surface area contributed by atoms with Gasteiger partial charge in [0.05, 0.1) is 36.8 Å². The molecular weight excluding hydrogens is 686 g/mol. The minimum absolute atomic E-state index is 0.168. The van der Waals surface area contributed by atoms with E-state index in [-0.39, 0.29) is 34.8 Å². The lowest BCUT2D eigenvalue weighted by Gasteiger charge is -2.45. The van der Waals surface area contributed by atoms with Gasteiger partial charge in [-0.1, -0.05) is 37.9 Å². The first-order valence-electron chi connectivity index (χ1n) is 19.0. The summed E-state index contributed by atoms with van der Waals surface area (Å²) < 4.78 is 40.8. The van der Waals surface area contributed by atoms with Gasteiger partial charge in [-0.2, -0.15) is 0 Å². The molecule has 1 N–H and O–H groups in total. The second-order valence-electron chi connectivity index (χ2n) is 15.6. The van der Waals surface area contributed by atoms with Crippen molar-refractivity contribution < 1.29 is 28.0 Å². The molecular formula is C40H58ClN3O6S. The van der Waals surface area contributed by atoms with Crippen LogP contribution in [0.1, 0.15) is 86.7 Å². The molecule has 2 aliphatic heterocycles. The molecule has 2 aromatic carbocycles. The van der Waals surface area contributed by atoms with Crippen LogP contribution in [-0.4, -0.2) is 93.3 Å². The summed E-state index contributed by atoms with van der Waals surface area (Å²) in [5, 5.41) is 0.583. The first-order chi connectivity index (χ1) is 24.6. The Morgan fingerprint density at radius 1 is 1.14 bits per heavy atom. The summed E-state index contributed by atoms with van der Waals surface area (Å²) >= 11 is 6.48. The van der Waals surface area contributed by atoms with Gasteiger partial charge in [0.1, 0.15) is 16.7 Å². The van der Waals surface area contributed by atoms with Crippen molar-refractivity contribution in [2.24, 2.45) is 17.8 Å². The topological polar surface area (TPSA) is 89.6 Å². The molecule has 2 heterocycles. The number of benzene rings is 2. The summed E-state index contributed by atoms with van der Waals surface area (Å²) in [5.41, 5.74) is 3.82. The number of carbonyl (C=O) groups is 1. The van der Waals surface area contributed by atoms with E-state index >= 15 is 0 Å². The molecule has 11 heteroatoms. The predicted molar refractivity (Wildman–Crippen MR) is 204 cm³/mol. The molecule has 2 aromatic rings. The first kappa shape index (κ1) is 38.5. The fourth-order valence-corrected chi connectivity index (χ4v) is 10.2. The molecule has 0 radical (unpaired) electrons. The Bertz CT molecular complexity index is 1520. The molecule has 282 valence electrons. The van der Waals surface area contributed by atoms with E-state index < -0.39 is 11.0 Å². The number of hydrogen-bond acceptors (Lipinski definition) is 8. The molecule has 9 nitrogen and oxygen atoms in total. The van der Waals surface area contributed by atoms with Crippen molar-refractivity contribution in [1.29, 1.82) is 0 Å². The second kappa shape index (κ2) is 17.3. The highest BCUT2D eigenvalue weighted by atomic mass is 35.5. The van der Waals surface area contributed by atoms with Gasteiger partial charge in [-0.15, -0.1) is 0 Å². The van der Waals surface area contributed by atoms with E-state index in [1.54, 1.807) is 13.2 Å². The van der Waals surface area contributed by atoms with Crippen LogP contribution in [0.3, 0.4) is 0 Å². The number of halogens is 1. The Hall–Kier alpha value is -2.21. The van der Waals surface area contributed by atoms with Gasteiger partial charge in [0.25, 0.3) is 5.91 Å². The van der Waals surface area contributed by atoms with Crippen molar-refractivity contribution in [3.8, 4) is 5.75 Å². The molecule has 2 aliphatic carbocycles. The maximum Gasteiger partial charge on any atom is 0.263 e. The van der Waals surface area contributed by atoms with E-state index in [0.29, 0.717) is 50.2 Å². The van der Waals surface area contributed by atoms with Crippen molar-refractivity contribution >= 4 is 34.2 Å². The fourth-order valence-electron chi connectivity index (χ4n) is 8.65. The van der Waals surface area contributed by atoms with E-state index in [4.69, 9.17) is 30.5 Å². The van der Waals surface area contributed by atoms with Crippen molar-refractivity contribution in [2.75, 3.05) is 65.6 Å². The van der Waals surface area contributed by atoms with Crippen molar-refractivity contribution in [1.82, 2.24) is 9.62 Å². The standard InChI is InChI=1S/C40H58ClN3O6S/c1-6-8-27(2)37(16-18-47-5)51(46)42-39(45)30-12-15-36-35(20-30)44(22-31-11-10-28(31)21-38-48-23-33(24-49-38)43(3)4)25-40(26-50-36)17-7-9-29-19-32(41)13-14-34(29)40/h12-15,19-20,27-28,31,33,37-38H,6-11,16-18,21-26H2,1-5H3,(H,42,45)/t27?,28?,31?,33?,37?,38?,40-,51?/m0/s1. The molecule has 4 aliphatic rings. The molecule has 1 amide bonds. The number of amides is 1. The summed E-state index contributed by atoms with van der Waals surface area (Å²) in [6.07, 6.45) is 8.67. The van der Waals surface area contributed by atoms with E-state index in [1.807, 2.05) is 18.2 Å². The lowest BCUT2D eigenvalue weighted by atomic mass is 9.69. The molecule has 0 bridgehead atoms. The van der Waals surface area contributed by atoms with Gasteiger partial charge in [-0.25, -0.2) is 4.21 Å². The van der Waals surface area contributed by atoms with Crippen molar-refractivity contribution in [2.45, 2.75) is 94.6 Å². The van der Waals surface area contributed by atoms with Crippen LogP contribution in [0.4, 0.5) is 5.69 Å². The molecule has 6 rings (SSSR count). The lowest BCUT2D eigenvalue weighted by molar-refractivity contribution is -0.212. The number of aryl methyl sites for hydroxylation is 1. The average molecular weight is 744 g/mol. The smallest absolute Gasteiger partial charge is 0.263 e. The van der Waals surface area contributed by atoms with Crippen LogP contribution < -0.4 is 14.4 Å². The number of ether oxygens (including phenoxy) is 4. The zero-order chi connectivity index (χ0) is 36.1. The van der Waals surface area contributed by atoms with Gasteiger partial charge in [0, 0.05) is 49.2 Å². The number of nitrogens with zero attached hydrogens (tertiary/aromatic N) is 2. The normalized spacial score (nSPS) is 27.8. The van der Waals surface area contributed by atoms with Gasteiger partial charge < -0.3 is 28.7 Å².